The topological polar surface area (TPSA) is 12.9 Å². The van der Waals surface area contributed by atoms with E-state index in [1.165, 1.54) is 112 Å². The van der Waals surface area contributed by atoms with Crippen LogP contribution in [0.2, 0.25) is 0 Å². The van der Waals surface area contributed by atoms with Crippen molar-refractivity contribution in [1.82, 2.24) is 4.98 Å². The van der Waals surface area contributed by atoms with E-state index < -0.39 is 0 Å². The Morgan fingerprint density at radius 3 is 2.03 bits per heavy atom. The average Bonchev–Trinajstić information content (AvgIpc) is 2.81. The smallest absolute Gasteiger partial charge is 0.0434 e. The molecular weight excluding hydrogens is 362 g/mol. The molecule has 1 heteroatoms. The van der Waals surface area contributed by atoms with Gasteiger partial charge in [0.1, 0.15) is 0 Å². The predicted molar refractivity (Wildman–Crippen MR) is 131 cm³/mol. The minimum atomic E-state index is 0.677. The Bertz CT molecular complexity index is 692. The molecule has 3 rings (SSSR count). The maximum absolute atomic E-state index is 4.88. The standard InChI is InChI=1S/C29H43N/c1-3-5-7-8-9-10-12-25-15-19-27(20-16-25)29-22-21-28(23-30-29)26-17-13-24(14-18-26)11-6-4-2/h13-14,17-18,21-23,25,27H,3-12,15-16,19-20H2,1-2H3. The lowest BCUT2D eigenvalue weighted by Crippen LogP contribution is -2.14. The summed E-state index contributed by atoms with van der Waals surface area (Å²) in [5.41, 5.74) is 5.30. The Balaban J connectivity index is 1.42. The summed E-state index contributed by atoms with van der Waals surface area (Å²) in [6.07, 6.45) is 21.3. The monoisotopic (exact) mass is 405 g/mol. The second kappa shape index (κ2) is 12.9. The van der Waals surface area contributed by atoms with Gasteiger partial charge in [0.25, 0.3) is 0 Å². The van der Waals surface area contributed by atoms with Crippen LogP contribution in [0, 0.1) is 5.92 Å². The largest absolute Gasteiger partial charge is 0.260 e. The van der Waals surface area contributed by atoms with E-state index in [0.29, 0.717) is 5.92 Å². The maximum Gasteiger partial charge on any atom is 0.0434 e. The van der Waals surface area contributed by atoms with Crippen molar-refractivity contribution in [2.75, 3.05) is 0 Å². The van der Waals surface area contributed by atoms with E-state index in [-0.39, 0.29) is 0 Å². The minimum Gasteiger partial charge on any atom is -0.260 e. The van der Waals surface area contributed by atoms with Gasteiger partial charge in [-0.1, -0.05) is 95.5 Å². The number of hydrogen-bond acceptors (Lipinski definition) is 1. The molecule has 0 bridgehead atoms. The molecule has 0 aliphatic heterocycles. The number of nitrogens with zero attached hydrogens (tertiary/aromatic N) is 1. The Morgan fingerprint density at radius 1 is 0.700 bits per heavy atom. The van der Waals surface area contributed by atoms with Crippen LogP contribution in [-0.4, -0.2) is 4.98 Å². The number of hydrogen-bond donors (Lipinski definition) is 0. The molecule has 1 aromatic carbocycles. The van der Waals surface area contributed by atoms with Crippen LogP contribution in [0.4, 0.5) is 0 Å². The van der Waals surface area contributed by atoms with Gasteiger partial charge in [0.05, 0.1) is 0 Å². The van der Waals surface area contributed by atoms with Gasteiger partial charge in [0, 0.05) is 23.4 Å². The molecule has 2 aromatic rings. The van der Waals surface area contributed by atoms with Crippen LogP contribution in [0.15, 0.2) is 42.6 Å². The van der Waals surface area contributed by atoms with Crippen molar-refractivity contribution in [1.29, 1.82) is 0 Å². The summed E-state index contributed by atoms with van der Waals surface area (Å²) in [6.45, 7) is 4.55. The number of aryl methyl sites for hydroxylation is 1. The van der Waals surface area contributed by atoms with Crippen molar-refractivity contribution in [2.24, 2.45) is 5.92 Å². The zero-order valence-corrected chi connectivity index (χ0v) is 19.5. The molecule has 164 valence electrons. The highest BCUT2D eigenvalue weighted by Gasteiger charge is 2.22. The lowest BCUT2D eigenvalue weighted by atomic mass is 9.78. The first-order chi connectivity index (χ1) is 14.8. The molecule has 1 nitrogen and oxygen atoms in total. The highest BCUT2D eigenvalue weighted by Crippen LogP contribution is 2.37. The van der Waals surface area contributed by atoms with Crippen molar-refractivity contribution >= 4 is 0 Å². The second-order valence-electron chi connectivity index (χ2n) is 9.55. The van der Waals surface area contributed by atoms with Crippen LogP contribution in [-0.2, 0) is 6.42 Å². The maximum atomic E-state index is 4.88. The van der Waals surface area contributed by atoms with Gasteiger partial charge in [-0.25, -0.2) is 0 Å². The number of benzene rings is 1. The van der Waals surface area contributed by atoms with Gasteiger partial charge in [0.2, 0.25) is 0 Å². The minimum absolute atomic E-state index is 0.677. The Kier molecular flexibility index (Phi) is 9.93. The van der Waals surface area contributed by atoms with Crippen LogP contribution >= 0.6 is 0 Å². The molecule has 1 saturated carbocycles. The molecule has 0 radical (unpaired) electrons. The summed E-state index contributed by atoms with van der Waals surface area (Å²) >= 11 is 0. The third-order valence-electron chi connectivity index (χ3n) is 7.12. The van der Waals surface area contributed by atoms with Crippen LogP contribution in [0.25, 0.3) is 11.1 Å². The van der Waals surface area contributed by atoms with Gasteiger partial charge in [-0.2, -0.15) is 0 Å². The molecule has 1 fully saturated rings. The quantitative estimate of drug-likeness (QED) is 0.321. The van der Waals surface area contributed by atoms with Crippen LogP contribution in [0.3, 0.4) is 0 Å². The summed E-state index contributed by atoms with van der Waals surface area (Å²) in [4.78, 5) is 4.88. The number of aromatic nitrogens is 1. The van der Waals surface area contributed by atoms with E-state index in [2.05, 4.69) is 56.4 Å². The second-order valence-corrected chi connectivity index (χ2v) is 9.55. The highest BCUT2D eigenvalue weighted by molar-refractivity contribution is 5.62. The molecule has 0 saturated heterocycles. The summed E-state index contributed by atoms with van der Waals surface area (Å²) in [7, 11) is 0. The first-order valence-electron chi connectivity index (χ1n) is 12.9. The Labute approximate surface area is 185 Å². The zero-order chi connectivity index (χ0) is 21.0. The predicted octanol–water partition coefficient (Wildman–Crippen LogP) is 9.12. The van der Waals surface area contributed by atoms with E-state index in [1.807, 2.05) is 0 Å². The van der Waals surface area contributed by atoms with Gasteiger partial charge in [0.15, 0.2) is 0 Å². The van der Waals surface area contributed by atoms with Crippen molar-refractivity contribution in [3.8, 4) is 11.1 Å². The lowest BCUT2D eigenvalue weighted by Gasteiger charge is -2.28. The molecule has 1 heterocycles. The molecule has 0 N–H and O–H groups in total. The summed E-state index contributed by atoms with van der Waals surface area (Å²) < 4.78 is 0. The fourth-order valence-corrected chi connectivity index (χ4v) is 5.02. The van der Waals surface area contributed by atoms with Crippen molar-refractivity contribution in [2.45, 2.75) is 110 Å². The van der Waals surface area contributed by atoms with Gasteiger partial charge >= 0.3 is 0 Å². The van der Waals surface area contributed by atoms with E-state index >= 15 is 0 Å². The molecule has 0 unspecified atom stereocenters. The molecule has 0 amide bonds. The first kappa shape index (κ1) is 23.0. The lowest BCUT2D eigenvalue weighted by molar-refractivity contribution is 0.299. The fraction of sp³-hybridized carbons (Fsp3) is 0.621. The Morgan fingerprint density at radius 2 is 1.37 bits per heavy atom. The van der Waals surface area contributed by atoms with Crippen LogP contribution < -0.4 is 0 Å². The normalized spacial score (nSPS) is 19.1. The summed E-state index contributed by atoms with van der Waals surface area (Å²) in [5.74, 6) is 1.65. The molecule has 0 spiro atoms. The molecule has 30 heavy (non-hydrogen) atoms. The third kappa shape index (κ3) is 7.25. The van der Waals surface area contributed by atoms with Gasteiger partial charge in [-0.05, 0) is 61.6 Å². The van der Waals surface area contributed by atoms with Crippen LogP contribution in [0.5, 0.6) is 0 Å². The highest BCUT2D eigenvalue weighted by atomic mass is 14.7. The van der Waals surface area contributed by atoms with Crippen molar-refractivity contribution < 1.29 is 0 Å². The SMILES string of the molecule is CCCCCCCCC1CCC(c2ccc(-c3ccc(CCCC)cc3)cn2)CC1. The average molecular weight is 406 g/mol. The molecule has 0 atom stereocenters. The number of rotatable bonds is 12. The molecular formula is C29H43N. The van der Waals surface area contributed by atoms with E-state index in [9.17, 15) is 0 Å². The summed E-state index contributed by atoms with van der Waals surface area (Å²) in [6, 6.07) is 13.7. The van der Waals surface area contributed by atoms with E-state index in [1.54, 1.807) is 0 Å². The molecule has 1 aromatic heterocycles. The van der Waals surface area contributed by atoms with Crippen LogP contribution in [0.1, 0.15) is 114 Å². The third-order valence-corrected chi connectivity index (χ3v) is 7.12. The Hall–Kier alpha value is -1.63. The van der Waals surface area contributed by atoms with Crippen molar-refractivity contribution in [3.05, 3.63) is 53.9 Å². The molecule has 1 aliphatic carbocycles. The number of pyridine rings is 1. The van der Waals surface area contributed by atoms with Gasteiger partial charge in [-0.15, -0.1) is 0 Å². The molecule has 1 aliphatic rings. The van der Waals surface area contributed by atoms with Crippen molar-refractivity contribution in [3.63, 3.8) is 0 Å². The summed E-state index contributed by atoms with van der Waals surface area (Å²) in [5, 5.41) is 0. The van der Waals surface area contributed by atoms with E-state index in [0.717, 1.165) is 5.92 Å². The zero-order valence-electron chi connectivity index (χ0n) is 19.5. The van der Waals surface area contributed by atoms with Gasteiger partial charge in [-0.3, -0.25) is 4.98 Å². The fourth-order valence-electron chi connectivity index (χ4n) is 5.02. The van der Waals surface area contributed by atoms with Gasteiger partial charge < -0.3 is 0 Å². The van der Waals surface area contributed by atoms with E-state index in [4.69, 9.17) is 4.98 Å². The first-order valence-corrected chi connectivity index (χ1v) is 12.9. The number of unbranched alkanes of at least 4 members (excludes halogenated alkanes) is 6.